The predicted octanol–water partition coefficient (Wildman–Crippen LogP) is 0.988. The summed E-state index contributed by atoms with van der Waals surface area (Å²) in [5.41, 5.74) is 0. The van der Waals surface area contributed by atoms with E-state index in [1.165, 1.54) is 6.08 Å². The Balaban J connectivity index is 3.35. The molecule has 2 nitrogen and oxygen atoms in total. The molecule has 0 aliphatic heterocycles. The lowest BCUT2D eigenvalue weighted by Crippen LogP contribution is -1.86. The van der Waals surface area contributed by atoms with Crippen molar-refractivity contribution in [2.24, 2.45) is 4.99 Å². The van der Waals surface area contributed by atoms with Crippen LogP contribution in [0.15, 0.2) is 4.99 Å². The van der Waals surface area contributed by atoms with Crippen LogP contribution in [0.2, 0.25) is 0 Å². The Morgan fingerprint density at radius 3 is 2.71 bits per heavy atom. The minimum absolute atomic E-state index is 0.155. The van der Waals surface area contributed by atoms with Gasteiger partial charge in [0.25, 0.3) is 0 Å². The number of nitrogens with zero attached hydrogens (tertiary/aromatic N) is 1. The maximum Gasteiger partial charge on any atom is 0.236 e. The van der Waals surface area contributed by atoms with Crippen molar-refractivity contribution in [3.63, 3.8) is 0 Å². The van der Waals surface area contributed by atoms with E-state index in [9.17, 15) is 4.79 Å². The molecule has 1 unspecified atom stereocenters. The molecule has 0 spiro atoms. The first-order valence-electron chi connectivity index (χ1n) is 2.06. The minimum Gasteiger partial charge on any atom is -0.211 e. The van der Waals surface area contributed by atoms with Crippen LogP contribution in [0, 0.1) is 0 Å². The maximum atomic E-state index is 9.43. The van der Waals surface area contributed by atoms with Crippen molar-refractivity contribution in [3.05, 3.63) is 0 Å². The van der Waals surface area contributed by atoms with Gasteiger partial charge in [-0.3, -0.25) is 0 Å². The number of carbonyl (C=O) groups excluding carboxylic acids is 1. The van der Waals surface area contributed by atoms with Crippen LogP contribution in [0.1, 0.15) is 13.3 Å². The van der Waals surface area contributed by atoms with E-state index in [2.05, 4.69) is 17.6 Å². The number of rotatable bonds is 2. The van der Waals surface area contributed by atoms with Gasteiger partial charge in [0.1, 0.15) is 5.37 Å². The van der Waals surface area contributed by atoms with Crippen LogP contribution in [-0.2, 0) is 4.79 Å². The average molecular weight is 117 g/mol. The van der Waals surface area contributed by atoms with Gasteiger partial charge in [0.2, 0.25) is 6.08 Å². The summed E-state index contributed by atoms with van der Waals surface area (Å²) in [6.07, 6.45) is 2.19. The smallest absolute Gasteiger partial charge is 0.211 e. The molecule has 0 fully saturated rings. The zero-order chi connectivity index (χ0) is 5.70. The summed E-state index contributed by atoms with van der Waals surface area (Å²) < 4.78 is 0. The molecule has 1 atom stereocenters. The lowest BCUT2D eigenvalue weighted by Gasteiger charge is -1.90. The Morgan fingerprint density at radius 1 is 2.00 bits per heavy atom. The molecule has 0 saturated carbocycles. The van der Waals surface area contributed by atoms with Gasteiger partial charge in [-0.25, -0.2) is 4.79 Å². The molecule has 0 aliphatic rings. The summed E-state index contributed by atoms with van der Waals surface area (Å²) in [6, 6.07) is 0. The number of aliphatic imine (C=N–C) groups is 1. The fraction of sp³-hybridized carbons (Fsp3) is 0.750. The van der Waals surface area contributed by atoms with Gasteiger partial charge in [-0.2, -0.15) is 17.6 Å². The second kappa shape index (κ2) is 3.90. The quantitative estimate of drug-likeness (QED) is 0.326. The third-order valence-electron chi connectivity index (χ3n) is 0.567. The van der Waals surface area contributed by atoms with E-state index in [1.54, 1.807) is 0 Å². The molecule has 0 N–H and O–H groups in total. The molecular weight excluding hydrogens is 110 g/mol. The number of hydrogen-bond donors (Lipinski definition) is 1. The Labute approximate surface area is 48.0 Å². The molecule has 7 heavy (non-hydrogen) atoms. The van der Waals surface area contributed by atoms with Gasteiger partial charge in [0, 0.05) is 0 Å². The zero-order valence-electron chi connectivity index (χ0n) is 4.09. The largest absolute Gasteiger partial charge is 0.236 e. The van der Waals surface area contributed by atoms with Crippen LogP contribution in [0.5, 0.6) is 0 Å². The normalized spacial score (nSPS) is 12.3. The molecule has 0 radical (unpaired) electrons. The number of hydrogen-bond acceptors (Lipinski definition) is 3. The van der Waals surface area contributed by atoms with Crippen LogP contribution in [-0.4, -0.2) is 11.5 Å². The molecule has 0 aromatic carbocycles. The molecular formula is C4H7NOS. The molecule has 0 heterocycles. The van der Waals surface area contributed by atoms with Crippen molar-refractivity contribution in [1.82, 2.24) is 0 Å². The predicted molar refractivity (Wildman–Crippen MR) is 31.2 cm³/mol. The topological polar surface area (TPSA) is 29.4 Å². The molecule has 0 aromatic rings. The van der Waals surface area contributed by atoms with Crippen molar-refractivity contribution in [2.75, 3.05) is 0 Å². The van der Waals surface area contributed by atoms with Crippen LogP contribution >= 0.6 is 12.6 Å². The molecule has 0 bridgehead atoms. The van der Waals surface area contributed by atoms with E-state index < -0.39 is 0 Å². The Bertz CT molecular complexity index is 87.7. The van der Waals surface area contributed by atoms with E-state index in [4.69, 9.17) is 0 Å². The fourth-order valence-corrected chi connectivity index (χ4v) is 0.199. The second-order valence-electron chi connectivity index (χ2n) is 1.11. The molecule has 0 saturated heterocycles. The van der Waals surface area contributed by atoms with Crippen molar-refractivity contribution in [2.45, 2.75) is 18.7 Å². The third kappa shape index (κ3) is 3.56. The summed E-state index contributed by atoms with van der Waals surface area (Å²) in [4.78, 5) is 12.7. The Kier molecular flexibility index (Phi) is 3.75. The Hall–Kier alpha value is -0.270. The van der Waals surface area contributed by atoms with E-state index in [1.807, 2.05) is 6.92 Å². The summed E-state index contributed by atoms with van der Waals surface area (Å²) in [5.74, 6) is 0. The molecule has 40 valence electrons. The van der Waals surface area contributed by atoms with E-state index in [0.29, 0.717) is 0 Å². The standard InChI is InChI=1S/C4H7NOS/c1-2-4(7)5-3-6/h4,7H,2H2,1H3. The number of thiol groups is 1. The van der Waals surface area contributed by atoms with Crippen molar-refractivity contribution in [1.29, 1.82) is 0 Å². The summed E-state index contributed by atoms with van der Waals surface area (Å²) >= 11 is 3.88. The van der Waals surface area contributed by atoms with Gasteiger partial charge in [-0.15, -0.1) is 0 Å². The highest BCUT2D eigenvalue weighted by molar-refractivity contribution is 7.80. The monoisotopic (exact) mass is 117 g/mol. The molecule has 0 aromatic heterocycles. The van der Waals surface area contributed by atoms with Gasteiger partial charge in [0.15, 0.2) is 0 Å². The first-order chi connectivity index (χ1) is 3.31. The molecule has 0 amide bonds. The number of isocyanates is 1. The maximum absolute atomic E-state index is 9.43. The lowest BCUT2D eigenvalue weighted by atomic mass is 10.5. The average Bonchev–Trinajstić information content (AvgIpc) is 1.68. The minimum atomic E-state index is -0.155. The van der Waals surface area contributed by atoms with E-state index in [-0.39, 0.29) is 5.37 Å². The Morgan fingerprint density at radius 2 is 2.57 bits per heavy atom. The van der Waals surface area contributed by atoms with Crippen molar-refractivity contribution in [3.8, 4) is 0 Å². The van der Waals surface area contributed by atoms with Gasteiger partial charge in [-0.1, -0.05) is 6.92 Å². The molecule has 0 rings (SSSR count). The van der Waals surface area contributed by atoms with Crippen molar-refractivity contribution >= 4 is 18.7 Å². The van der Waals surface area contributed by atoms with Gasteiger partial charge in [-0.05, 0) is 6.42 Å². The van der Waals surface area contributed by atoms with E-state index in [0.717, 1.165) is 6.42 Å². The lowest BCUT2D eigenvalue weighted by molar-refractivity contribution is 0.562. The van der Waals surface area contributed by atoms with Crippen molar-refractivity contribution < 1.29 is 4.79 Å². The second-order valence-corrected chi connectivity index (χ2v) is 1.71. The van der Waals surface area contributed by atoms with Crippen LogP contribution in [0.4, 0.5) is 0 Å². The highest BCUT2D eigenvalue weighted by Crippen LogP contribution is 1.98. The summed E-state index contributed by atoms with van der Waals surface area (Å²) in [5, 5.41) is -0.155. The third-order valence-corrected chi connectivity index (χ3v) is 1.05. The first-order valence-corrected chi connectivity index (χ1v) is 2.58. The van der Waals surface area contributed by atoms with Gasteiger partial charge < -0.3 is 0 Å². The molecule has 0 aliphatic carbocycles. The highest BCUT2D eigenvalue weighted by Gasteiger charge is 1.89. The SMILES string of the molecule is CCC(S)N=C=O. The summed E-state index contributed by atoms with van der Waals surface area (Å²) in [7, 11) is 0. The van der Waals surface area contributed by atoms with Crippen LogP contribution in [0.3, 0.4) is 0 Å². The van der Waals surface area contributed by atoms with Gasteiger partial charge in [0.05, 0.1) is 0 Å². The highest BCUT2D eigenvalue weighted by atomic mass is 32.1. The van der Waals surface area contributed by atoms with Gasteiger partial charge >= 0.3 is 0 Å². The summed E-state index contributed by atoms with van der Waals surface area (Å²) in [6.45, 7) is 1.90. The fourth-order valence-electron chi connectivity index (χ4n) is 0.152. The molecule has 3 heteroatoms. The first kappa shape index (κ1) is 6.73. The van der Waals surface area contributed by atoms with E-state index >= 15 is 0 Å². The van der Waals surface area contributed by atoms with Crippen LogP contribution < -0.4 is 0 Å². The zero-order valence-corrected chi connectivity index (χ0v) is 4.98. The van der Waals surface area contributed by atoms with Crippen LogP contribution in [0.25, 0.3) is 0 Å².